The molecule has 0 aliphatic rings. The summed E-state index contributed by atoms with van der Waals surface area (Å²) in [6.07, 6.45) is -10.6. The topological polar surface area (TPSA) is 65.3 Å². The van der Waals surface area contributed by atoms with Gasteiger partial charge in [0.25, 0.3) is 0 Å². The summed E-state index contributed by atoms with van der Waals surface area (Å²) in [4.78, 5) is 11.7. The van der Waals surface area contributed by atoms with Crippen LogP contribution in [0.15, 0.2) is 6.07 Å². The Hall–Kier alpha value is -1.34. The third kappa shape index (κ3) is 4.07. The summed E-state index contributed by atoms with van der Waals surface area (Å²) in [5.74, 6) is -1.57. The quantitative estimate of drug-likeness (QED) is 0.250. The van der Waals surface area contributed by atoms with E-state index in [1.807, 2.05) is 0 Å². The van der Waals surface area contributed by atoms with Crippen molar-refractivity contribution in [2.75, 3.05) is 0 Å². The number of hydrogen-bond acceptors (Lipinski definition) is 4. The Balaban J connectivity index is 3.54. The Kier molecular flexibility index (Phi) is 4.11. The van der Waals surface area contributed by atoms with Gasteiger partial charge in [-0.05, 0) is 22.6 Å². The fourth-order valence-corrected chi connectivity index (χ4v) is 1.59. The van der Waals surface area contributed by atoms with Crippen molar-refractivity contribution in [2.45, 2.75) is 12.5 Å². The molecule has 5 nitrogen and oxygen atoms in total. The highest BCUT2D eigenvalue weighted by atomic mass is 127. The number of ether oxygens (including phenoxy) is 1. The lowest BCUT2D eigenvalue weighted by Crippen LogP contribution is -2.20. The second-order valence-corrected chi connectivity index (χ2v) is 4.05. The molecule has 0 spiro atoms. The SMILES string of the molecule is O=[N+]([O-])c1c(OC(F)(F)F)cc(I)nc1C(F)(F)F. The van der Waals surface area contributed by atoms with E-state index in [1.165, 1.54) is 22.6 Å². The van der Waals surface area contributed by atoms with Crippen LogP contribution in [0.5, 0.6) is 5.75 Å². The number of halogens is 7. The van der Waals surface area contributed by atoms with Crippen molar-refractivity contribution in [3.63, 3.8) is 0 Å². The lowest BCUT2D eigenvalue weighted by Gasteiger charge is -2.12. The zero-order valence-corrected chi connectivity index (χ0v) is 10.5. The first-order valence-corrected chi connectivity index (χ1v) is 5.17. The van der Waals surface area contributed by atoms with Gasteiger partial charge in [0.1, 0.15) is 3.70 Å². The number of pyridine rings is 1. The summed E-state index contributed by atoms with van der Waals surface area (Å²) >= 11 is 1.18. The summed E-state index contributed by atoms with van der Waals surface area (Å²) < 4.78 is 76.2. The van der Waals surface area contributed by atoms with Crippen molar-refractivity contribution in [3.8, 4) is 5.75 Å². The van der Waals surface area contributed by atoms with Crippen LogP contribution in [0, 0.1) is 13.8 Å². The van der Waals surface area contributed by atoms with E-state index >= 15 is 0 Å². The molecule has 0 saturated carbocycles. The van der Waals surface area contributed by atoms with Gasteiger partial charge in [0.2, 0.25) is 11.4 Å². The summed E-state index contributed by atoms with van der Waals surface area (Å²) in [5.41, 5.74) is -3.94. The molecular formula is C7HF6IN2O3. The molecule has 0 unspecified atom stereocenters. The first-order valence-electron chi connectivity index (χ1n) is 4.09. The summed E-state index contributed by atoms with van der Waals surface area (Å²) in [6.45, 7) is 0. The number of nitrogens with zero attached hydrogens (tertiary/aromatic N) is 2. The highest BCUT2D eigenvalue weighted by Gasteiger charge is 2.45. The van der Waals surface area contributed by atoms with Crippen LogP contribution in [0.25, 0.3) is 0 Å². The van der Waals surface area contributed by atoms with E-state index in [1.54, 1.807) is 0 Å². The molecular weight excluding hydrogens is 401 g/mol. The highest BCUT2D eigenvalue weighted by Crippen LogP contribution is 2.42. The smallest absolute Gasteiger partial charge is 0.398 e. The zero-order valence-electron chi connectivity index (χ0n) is 8.34. The molecule has 0 saturated heterocycles. The molecule has 1 aromatic rings. The average molecular weight is 402 g/mol. The maximum absolute atomic E-state index is 12.5. The molecule has 0 aromatic carbocycles. The fourth-order valence-electron chi connectivity index (χ4n) is 1.06. The molecule has 0 N–H and O–H groups in total. The Bertz CT molecular complexity index is 515. The summed E-state index contributed by atoms with van der Waals surface area (Å²) in [6, 6.07) is 0.390. The van der Waals surface area contributed by atoms with Crippen LogP contribution in [0.1, 0.15) is 5.69 Å². The molecule has 0 radical (unpaired) electrons. The predicted molar refractivity (Wildman–Crippen MR) is 55.3 cm³/mol. The lowest BCUT2D eigenvalue weighted by atomic mass is 10.2. The number of hydrogen-bond donors (Lipinski definition) is 0. The molecule has 1 heterocycles. The Labute approximate surface area is 113 Å². The van der Waals surface area contributed by atoms with Gasteiger partial charge in [0.05, 0.1) is 4.92 Å². The second kappa shape index (κ2) is 4.97. The van der Waals surface area contributed by atoms with Crippen LogP contribution in [-0.4, -0.2) is 16.3 Å². The van der Waals surface area contributed by atoms with E-state index in [2.05, 4.69) is 9.72 Å². The minimum atomic E-state index is -5.36. The largest absolute Gasteiger partial charge is 0.573 e. The van der Waals surface area contributed by atoms with Crippen molar-refractivity contribution >= 4 is 28.3 Å². The van der Waals surface area contributed by atoms with Gasteiger partial charge in [-0.25, -0.2) is 4.98 Å². The van der Waals surface area contributed by atoms with Crippen LogP contribution < -0.4 is 4.74 Å². The molecule has 0 fully saturated rings. The monoisotopic (exact) mass is 402 g/mol. The van der Waals surface area contributed by atoms with Gasteiger partial charge >= 0.3 is 18.2 Å². The molecule has 0 aliphatic heterocycles. The number of nitro groups is 1. The Morgan fingerprint density at radius 1 is 1.26 bits per heavy atom. The maximum atomic E-state index is 12.5. The molecule has 106 valence electrons. The van der Waals surface area contributed by atoms with E-state index in [-0.39, 0.29) is 0 Å². The van der Waals surface area contributed by atoms with Gasteiger partial charge < -0.3 is 4.74 Å². The predicted octanol–water partition coefficient (Wildman–Crippen LogP) is 3.51. The molecule has 12 heteroatoms. The third-order valence-corrected chi connectivity index (χ3v) is 2.16. The van der Waals surface area contributed by atoms with E-state index in [0.717, 1.165) is 0 Å². The molecule has 0 amide bonds. The van der Waals surface area contributed by atoms with E-state index in [9.17, 15) is 36.5 Å². The summed E-state index contributed by atoms with van der Waals surface area (Å²) in [5, 5.41) is 10.5. The summed E-state index contributed by atoms with van der Waals surface area (Å²) in [7, 11) is 0. The zero-order chi connectivity index (χ0) is 15.0. The van der Waals surface area contributed by atoms with Crippen molar-refractivity contribution in [3.05, 3.63) is 25.6 Å². The van der Waals surface area contributed by atoms with Crippen LogP contribution in [-0.2, 0) is 6.18 Å². The van der Waals surface area contributed by atoms with Crippen molar-refractivity contribution < 1.29 is 36.0 Å². The Morgan fingerprint density at radius 3 is 2.16 bits per heavy atom. The minimum Gasteiger partial charge on any atom is -0.398 e. The molecule has 0 bridgehead atoms. The lowest BCUT2D eigenvalue weighted by molar-refractivity contribution is -0.392. The number of rotatable bonds is 2. The van der Waals surface area contributed by atoms with Crippen molar-refractivity contribution in [1.29, 1.82) is 0 Å². The first kappa shape index (κ1) is 15.7. The average Bonchev–Trinajstić information content (AvgIpc) is 2.11. The van der Waals surface area contributed by atoms with Gasteiger partial charge in [-0.1, -0.05) is 0 Å². The fraction of sp³-hybridized carbons (Fsp3) is 0.286. The molecule has 1 rings (SSSR count). The normalized spacial score (nSPS) is 12.4. The van der Waals surface area contributed by atoms with Crippen LogP contribution >= 0.6 is 22.6 Å². The van der Waals surface area contributed by atoms with Crippen molar-refractivity contribution in [2.24, 2.45) is 0 Å². The van der Waals surface area contributed by atoms with E-state index in [0.29, 0.717) is 6.07 Å². The van der Waals surface area contributed by atoms with Gasteiger partial charge in [-0.2, -0.15) is 13.2 Å². The standard InChI is InChI=1S/C7HF6IN2O3/c8-6(9,10)5-4(16(17)18)2(1-3(14)15-5)19-7(11,12)13/h1H. The van der Waals surface area contributed by atoms with Gasteiger partial charge in [-0.3, -0.25) is 10.1 Å². The maximum Gasteiger partial charge on any atom is 0.573 e. The number of aromatic nitrogens is 1. The third-order valence-electron chi connectivity index (χ3n) is 1.60. The minimum absolute atomic E-state index is 0.390. The van der Waals surface area contributed by atoms with Crippen LogP contribution in [0.3, 0.4) is 0 Å². The molecule has 0 atom stereocenters. The number of alkyl halides is 6. The second-order valence-electron chi connectivity index (χ2n) is 2.94. The first-order chi connectivity index (χ1) is 8.42. The van der Waals surface area contributed by atoms with Gasteiger partial charge in [-0.15, -0.1) is 13.2 Å². The highest BCUT2D eigenvalue weighted by molar-refractivity contribution is 14.1. The van der Waals surface area contributed by atoms with Crippen LogP contribution in [0.2, 0.25) is 0 Å². The molecule has 19 heavy (non-hydrogen) atoms. The van der Waals surface area contributed by atoms with E-state index < -0.39 is 38.3 Å². The van der Waals surface area contributed by atoms with Gasteiger partial charge in [0.15, 0.2) is 0 Å². The Morgan fingerprint density at radius 2 is 1.79 bits per heavy atom. The molecule has 1 aromatic heterocycles. The van der Waals surface area contributed by atoms with Crippen LogP contribution in [0.4, 0.5) is 32.0 Å². The van der Waals surface area contributed by atoms with E-state index in [4.69, 9.17) is 0 Å². The van der Waals surface area contributed by atoms with Gasteiger partial charge in [0, 0.05) is 6.07 Å². The molecule has 0 aliphatic carbocycles. The van der Waals surface area contributed by atoms with Crippen molar-refractivity contribution in [1.82, 2.24) is 4.98 Å².